The minimum atomic E-state index is 0.0891. The zero-order valence-electron chi connectivity index (χ0n) is 7.25. The SMILES string of the molecule is CC[C@@H](C(=N)N)c1ccccc1. The van der Waals surface area contributed by atoms with Crippen LogP contribution in [0.3, 0.4) is 0 Å². The van der Waals surface area contributed by atoms with Crippen LogP contribution in [0.15, 0.2) is 30.3 Å². The van der Waals surface area contributed by atoms with Crippen molar-refractivity contribution in [2.75, 3.05) is 0 Å². The molecule has 12 heavy (non-hydrogen) atoms. The summed E-state index contributed by atoms with van der Waals surface area (Å²) in [6.07, 6.45) is 0.888. The van der Waals surface area contributed by atoms with Gasteiger partial charge in [0.15, 0.2) is 0 Å². The van der Waals surface area contributed by atoms with Gasteiger partial charge in [-0.25, -0.2) is 0 Å². The molecule has 0 aliphatic rings. The number of nitrogens with two attached hydrogens (primary N) is 1. The highest BCUT2D eigenvalue weighted by atomic mass is 14.7. The topological polar surface area (TPSA) is 49.9 Å². The predicted molar refractivity (Wildman–Crippen MR) is 51.4 cm³/mol. The molecule has 1 aromatic rings. The Hall–Kier alpha value is -1.31. The molecular weight excluding hydrogens is 148 g/mol. The fourth-order valence-electron chi connectivity index (χ4n) is 1.32. The Kier molecular flexibility index (Phi) is 2.86. The third kappa shape index (κ3) is 1.84. The van der Waals surface area contributed by atoms with Gasteiger partial charge in [0.1, 0.15) is 0 Å². The summed E-state index contributed by atoms with van der Waals surface area (Å²) in [6, 6.07) is 9.93. The summed E-state index contributed by atoms with van der Waals surface area (Å²) in [5.41, 5.74) is 6.59. The molecule has 0 bridgehead atoms. The molecule has 0 aliphatic carbocycles. The second kappa shape index (κ2) is 3.90. The van der Waals surface area contributed by atoms with Crippen molar-refractivity contribution in [3.63, 3.8) is 0 Å². The maximum absolute atomic E-state index is 7.37. The van der Waals surface area contributed by atoms with E-state index >= 15 is 0 Å². The summed E-state index contributed by atoms with van der Waals surface area (Å²) in [7, 11) is 0. The third-order valence-corrected chi connectivity index (χ3v) is 1.99. The number of rotatable bonds is 3. The van der Waals surface area contributed by atoms with Gasteiger partial charge in [0.25, 0.3) is 0 Å². The molecule has 3 N–H and O–H groups in total. The maximum Gasteiger partial charge on any atom is 0.0981 e. The van der Waals surface area contributed by atoms with Gasteiger partial charge in [-0.15, -0.1) is 0 Å². The van der Waals surface area contributed by atoms with E-state index in [-0.39, 0.29) is 11.8 Å². The summed E-state index contributed by atoms with van der Waals surface area (Å²) in [5.74, 6) is 0.342. The lowest BCUT2D eigenvalue weighted by molar-refractivity contribution is 0.830. The van der Waals surface area contributed by atoms with E-state index in [1.807, 2.05) is 37.3 Å². The first-order chi connectivity index (χ1) is 5.75. The van der Waals surface area contributed by atoms with Gasteiger partial charge in [0, 0.05) is 5.92 Å². The summed E-state index contributed by atoms with van der Waals surface area (Å²) < 4.78 is 0. The highest BCUT2D eigenvalue weighted by Crippen LogP contribution is 2.17. The van der Waals surface area contributed by atoms with E-state index in [1.165, 1.54) is 0 Å². The molecule has 1 aromatic carbocycles. The van der Waals surface area contributed by atoms with E-state index in [4.69, 9.17) is 11.1 Å². The van der Waals surface area contributed by atoms with Gasteiger partial charge in [-0.1, -0.05) is 37.3 Å². The number of hydrogen-bond donors (Lipinski definition) is 2. The molecule has 0 unspecified atom stereocenters. The van der Waals surface area contributed by atoms with Crippen LogP contribution in [0.1, 0.15) is 24.8 Å². The molecule has 0 saturated heterocycles. The molecule has 0 radical (unpaired) electrons. The second-order valence-corrected chi connectivity index (χ2v) is 2.83. The molecular formula is C10H14N2. The van der Waals surface area contributed by atoms with Crippen molar-refractivity contribution in [3.05, 3.63) is 35.9 Å². The van der Waals surface area contributed by atoms with Crippen LogP contribution in [0, 0.1) is 5.41 Å². The quantitative estimate of drug-likeness (QED) is 0.519. The van der Waals surface area contributed by atoms with Gasteiger partial charge in [0.05, 0.1) is 5.84 Å². The van der Waals surface area contributed by atoms with Crippen molar-refractivity contribution in [2.24, 2.45) is 5.73 Å². The van der Waals surface area contributed by atoms with Gasteiger partial charge in [-0.3, -0.25) is 5.41 Å². The molecule has 0 aliphatic heterocycles. The lowest BCUT2D eigenvalue weighted by Crippen LogP contribution is -2.19. The highest BCUT2D eigenvalue weighted by molar-refractivity contribution is 5.84. The van der Waals surface area contributed by atoms with Gasteiger partial charge >= 0.3 is 0 Å². The summed E-state index contributed by atoms with van der Waals surface area (Å²) in [6.45, 7) is 2.04. The zero-order valence-corrected chi connectivity index (χ0v) is 7.25. The summed E-state index contributed by atoms with van der Waals surface area (Å²) in [5, 5.41) is 7.37. The standard InChI is InChI=1S/C10H14N2/c1-2-9(10(11)12)8-6-4-3-5-7-8/h3-7,9H,2H2,1H3,(H3,11,12)/t9-/m1/s1. The van der Waals surface area contributed by atoms with Crippen molar-refractivity contribution >= 4 is 5.84 Å². The number of benzene rings is 1. The van der Waals surface area contributed by atoms with Gasteiger partial charge < -0.3 is 5.73 Å². The fourth-order valence-corrected chi connectivity index (χ4v) is 1.32. The van der Waals surface area contributed by atoms with E-state index < -0.39 is 0 Å². The molecule has 64 valence electrons. The molecule has 0 saturated carbocycles. The van der Waals surface area contributed by atoms with Crippen LogP contribution in [0.25, 0.3) is 0 Å². The van der Waals surface area contributed by atoms with Gasteiger partial charge in [0.2, 0.25) is 0 Å². The molecule has 0 amide bonds. The van der Waals surface area contributed by atoms with Crippen LogP contribution in [-0.4, -0.2) is 5.84 Å². The molecule has 1 rings (SSSR count). The van der Waals surface area contributed by atoms with Crippen molar-refractivity contribution in [3.8, 4) is 0 Å². The van der Waals surface area contributed by atoms with Gasteiger partial charge in [-0.2, -0.15) is 0 Å². The Morgan fingerprint density at radius 3 is 2.42 bits per heavy atom. The monoisotopic (exact) mass is 162 g/mol. The van der Waals surface area contributed by atoms with Crippen LogP contribution >= 0.6 is 0 Å². The first-order valence-electron chi connectivity index (χ1n) is 4.14. The van der Waals surface area contributed by atoms with E-state index in [9.17, 15) is 0 Å². The maximum atomic E-state index is 7.37. The van der Waals surface area contributed by atoms with E-state index in [1.54, 1.807) is 0 Å². The Bertz CT molecular complexity index is 254. The minimum Gasteiger partial charge on any atom is -0.387 e. The molecule has 1 atom stereocenters. The van der Waals surface area contributed by atoms with Crippen molar-refractivity contribution in [1.29, 1.82) is 5.41 Å². The van der Waals surface area contributed by atoms with E-state index in [0.29, 0.717) is 0 Å². The van der Waals surface area contributed by atoms with Gasteiger partial charge in [-0.05, 0) is 12.0 Å². The van der Waals surface area contributed by atoms with Crippen molar-refractivity contribution in [1.82, 2.24) is 0 Å². The third-order valence-electron chi connectivity index (χ3n) is 1.99. The Morgan fingerprint density at radius 1 is 1.42 bits per heavy atom. The lowest BCUT2D eigenvalue weighted by atomic mass is 9.96. The zero-order chi connectivity index (χ0) is 8.97. The smallest absolute Gasteiger partial charge is 0.0981 e. The normalized spacial score (nSPS) is 12.4. The second-order valence-electron chi connectivity index (χ2n) is 2.83. The number of hydrogen-bond acceptors (Lipinski definition) is 1. The highest BCUT2D eigenvalue weighted by Gasteiger charge is 2.10. The average Bonchev–Trinajstić information content (AvgIpc) is 2.07. The predicted octanol–water partition coefficient (Wildman–Crippen LogP) is 2.12. The van der Waals surface area contributed by atoms with Crippen LogP contribution in [-0.2, 0) is 0 Å². The molecule has 2 nitrogen and oxygen atoms in total. The fraction of sp³-hybridized carbons (Fsp3) is 0.300. The first-order valence-corrected chi connectivity index (χ1v) is 4.14. The Morgan fingerprint density at radius 2 is 2.00 bits per heavy atom. The molecule has 0 heterocycles. The minimum absolute atomic E-state index is 0.0891. The van der Waals surface area contributed by atoms with E-state index in [0.717, 1.165) is 12.0 Å². The van der Waals surface area contributed by atoms with Crippen LogP contribution in [0.4, 0.5) is 0 Å². The van der Waals surface area contributed by atoms with Crippen molar-refractivity contribution < 1.29 is 0 Å². The number of amidine groups is 1. The van der Waals surface area contributed by atoms with Crippen LogP contribution in [0.2, 0.25) is 0 Å². The first kappa shape index (κ1) is 8.78. The van der Waals surface area contributed by atoms with E-state index in [2.05, 4.69) is 0 Å². The Balaban J connectivity index is 2.88. The average molecular weight is 162 g/mol. The molecule has 0 spiro atoms. The largest absolute Gasteiger partial charge is 0.387 e. The molecule has 0 fully saturated rings. The number of nitrogens with one attached hydrogen (secondary N) is 1. The van der Waals surface area contributed by atoms with Crippen molar-refractivity contribution in [2.45, 2.75) is 19.3 Å². The van der Waals surface area contributed by atoms with Crippen LogP contribution in [0.5, 0.6) is 0 Å². The molecule has 0 aromatic heterocycles. The Labute approximate surface area is 72.9 Å². The summed E-state index contributed by atoms with van der Waals surface area (Å²) >= 11 is 0. The summed E-state index contributed by atoms with van der Waals surface area (Å²) in [4.78, 5) is 0. The lowest BCUT2D eigenvalue weighted by Gasteiger charge is -2.12. The van der Waals surface area contributed by atoms with Crippen LogP contribution < -0.4 is 5.73 Å². The molecule has 2 heteroatoms.